The third kappa shape index (κ3) is 6.19. The van der Waals surface area contributed by atoms with Crippen LogP contribution < -0.4 is 10.2 Å². The van der Waals surface area contributed by atoms with Gasteiger partial charge in [0.1, 0.15) is 5.69 Å². The molecule has 0 unspecified atom stereocenters. The average Bonchev–Trinajstić information content (AvgIpc) is 3.17. The van der Waals surface area contributed by atoms with Gasteiger partial charge in [-0.05, 0) is 53.9 Å². The van der Waals surface area contributed by atoms with Crippen molar-refractivity contribution in [2.45, 2.75) is 26.7 Å². The number of hydrogen-bond acceptors (Lipinski definition) is 10. The molecule has 1 heterocycles. The number of rotatable bonds is 10. The predicted molar refractivity (Wildman–Crippen MR) is 152 cm³/mol. The fraction of sp³-hybridized carbons (Fsp3) is 0.269. The van der Waals surface area contributed by atoms with E-state index < -0.39 is 27.1 Å². The van der Waals surface area contributed by atoms with E-state index in [0.29, 0.717) is 36.3 Å². The molecule has 4 rings (SSSR count). The molecule has 2 aromatic carbocycles. The van der Waals surface area contributed by atoms with E-state index in [-0.39, 0.29) is 39.9 Å². The lowest BCUT2D eigenvalue weighted by Gasteiger charge is -2.26. The number of likely N-dealkylation sites (N-methyl/N-ethyl adjacent to an activating group) is 1. The van der Waals surface area contributed by atoms with E-state index in [0.717, 1.165) is 18.6 Å². The highest BCUT2D eigenvalue weighted by molar-refractivity contribution is 9.10. The smallest absolute Gasteiger partial charge is 0.304 e. The highest BCUT2D eigenvalue weighted by Crippen LogP contribution is 2.41. The zero-order valence-corrected chi connectivity index (χ0v) is 23.6. The quantitative estimate of drug-likeness (QED) is 0.156. The molecule has 0 spiro atoms. The van der Waals surface area contributed by atoms with E-state index in [2.05, 4.69) is 31.5 Å². The third-order valence-electron chi connectivity index (χ3n) is 6.47. The monoisotopic (exact) mass is 625 g/mol. The highest BCUT2D eigenvalue weighted by atomic mass is 79.9. The number of nitrogens with one attached hydrogen (secondary N) is 1. The predicted octanol–water partition coefficient (Wildman–Crippen LogP) is 5.48. The van der Waals surface area contributed by atoms with E-state index in [1.807, 2.05) is 17.9 Å². The average molecular weight is 626 g/mol. The van der Waals surface area contributed by atoms with Crippen molar-refractivity contribution in [3.63, 3.8) is 0 Å². The minimum atomic E-state index is -0.804. The lowest BCUT2D eigenvalue weighted by molar-refractivity contribution is -0.393. The second-order valence-corrected chi connectivity index (χ2v) is 9.92. The first kappa shape index (κ1) is 29.2. The molecule has 41 heavy (non-hydrogen) atoms. The molecule has 15 heteroatoms. The Labute approximate surface area is 241 Å². The summed E-state index contributed by atoms with van der Waals surface area (Å²) in [4.78, 5) is 61.7. The van der Waals surface area contributed by atoms with Gasteiger partial charge in [0, 0.05) is 49.5 Å². The van der Waals surface area contributed by atoms with Crippen LogP contribution in [0.3, 0.4) is 0 Å². The molecule has 1 N–H and O–H groups in total. The van der Waals surface area contributed by atoms with Crippen molar-refractivity contribution in [2.24, 2.45) is 10.2 Å². The molecule has 212 valence electrons. The van der Waals surface area contributed by atoms with Gasteiger partial charge in [-0.25, -0.2) is 0 Å². The number of anilines is 2. The van der Waals surface area contributed by atoms with Crippen molar-refractivity contribution in [1.29, 1.82) is 0 Å². The van der Waals surface area contributed by atoms with Crippen LogP contribution in [-0.4, -0.2) is 52.1 Å². The van der Waals surface area contributed by atoms with E-state index >= 15 is 0 Å². The number of azo groups is 1. The first-order valence-corrected chi connectivity index (χ1v) is 13.3. The number of amides is 3. The molecule has 3 amide bonds. The van der Waals surface area contributed by atoms with Crippen LogP contribution in [0.5, 0.6) is 0 Å². The maximum absolute atomic E-state index is 12.8. The van der Waals surface area contributed by atoms with Crippen LogP contribution in [0.25, 0.3) is 0 Å². The maximum atomic E-state index is 12.8. The van der Waals surface area contributed by atoms with E-state index in [4.69, 9.17) is 0 Å². The minimum Gasteiger partial charge on any atom is -0.370 e. The molecule has 0 aromatic heterocycles. The number of nitrogens with zero attached hydrogens (tertiary/aromatic N) is 6. The molecule has 1 aliphatic carbocycles. The van der Waals surface area contributed by atoms with Crippen molar-refractivity contribution in [2.75, 3.05) is 29.9 Å². The summed E-state index contributed by atoms with van der Waals surface area (Å²) in [5, 5.41) is 33.4. The fourth-order valence-electron chi connectivity index (χ4n) is 4.50. The number of hydrogen-bond donors (Lipinski definition) is 1. The van der Waals surface area contributed by atoms with E-state index in [9.17, 15) is 34.6 Å². The summed E-state index contributed by atoms with van der Waals surface area (Å²) >= 11 is 3.08. The molecule has 0 bridgehead atoms. The summed E-state index contributed by atoms with van der Waals surface area (Å²) in [6, 6.07) is 6.75. The largest absolute Gasteiger partial charge is 0.370 e. The van der Waals surface area contributed by atoms with Crippen LogP contribution in [0.15, 0.2) is 68.3 Å². The van der Waals surface area contributed by atoms with Gasteiger partial charge in [0.2, 0.25) is 5.91 Å². The second kappa shape index (κ2) is 12.2. The van der Waals surface area contributed by atoms with Crippen LogP contribution >= 0.6 is 15.9 Å². The molecule has 0 atom stereocenters. The fourth-order valence-corrected chi connectivity index (χ4v) is 5.01. The zero-order valence-electron chi connectivity index (χ0n) is 22.0. The Hall–Kier alpha value is -4.79. The van der Waals surface area contributed by atoms with Gasteiger partial charge in [-0.2, -0.15) is 0 Å². The Morgan fingerprint density at radius 1 is 1.12 bits per heavy atom. The van der Waals surface area contributed by atoms with E-state index in [1.165, 1.54) is 11.8 Å². The Morgan fingerprint density at radius 3 is 2.51 bits per heavy atom. The van der Waals surface area contributed by atoms with Gasteiger partial charge in [0.25, 0.3) is 17.5 Å². The summed E-state index contributed by atoms with van der Waals surface area (Å²) < 4.78 is -0.00493. The number of nitro groups is 2. The number of carbonyl (C=O) groups excluding carboxylic acids is 3. The molecule has 0 saturated carbocycles. The molecular weight excluding hydrogens is 602 g/mol. The summed E-state index contributed by atoms with van der Waals surface area (Å²) in [5.74, 6) is -0.980. The maximum Gasteiger partial charge on any atom is 0.304 e. The lowest BCUT2D eigenvalue weighted by atomic mass is 10.00. The summed E-state index contributed by atoms with van der Waals surface area (Å²) in [6.45, 7) is 4.22. The van der Waals surface area contributed by atoms with Gasteiger partial charge in [0.15, 0.2) is 5.69 Å². The molecule has 2 aromatic rings. The highest BCUT2D eigenvalue weighted by Gasteiger charge is 2.37. The molecule has 14 nitrogen and oxygen atoms in total. The van der Waals surface area contributed by atoms with Gasteiger partial charge < -0.3 is 10.2 Å². The first-order valence-electron chi connectivity index (χ1n) is 12.5. The number of allylic oxidation sites excluding steroid dienone is 1. The van der Waals surface area contributed by atoms with Crippen LogP contribution in [0.1, 0.15) is 26.7 Å². The number of imide groups is 1. The van der Waals surface area contributed by atoms with Gasteiger partial charge in [-0.1, -0.05) is 12.2 Å². The summed E-state index contributed by atoms with van der Waals surface area (Å²) in [7, 11) is 0. The van der Waals surface area contributed by atoms with Crippen molar-refractivity contribution in [3.05, 3.63) is 78.3 Å². The molecule has 2 aliphatic rings. The van der Waals surface area contributed by atoms with Crippen molar-refractivity contribution < 1.29 is 24.2 Å². The molecule has 1 aliphatic heterocycles. The molecule has 0 radical (unpaired) electrons. The second-order valence-electron chi connectivity index (χ2n) is 9.07. The Morgan fingerprint density at radius 2 is 1.88 bits per heavy atom. The third-order valence-corrected chi connectivity index (χ3v) is 7.08. The summed E-state index contributed by atoms with van der Waals surface area (Å²) in [6.07, 6.45) is 4.84. The van der Waals surface area contributed by atoms with Crippen LogP contribution in [0.4, 0.5) is 34.1 Å². The van der Waals surface area contributed by atoms with Crippen molar-refractivity contribution in [1.82, 2.24) is 4.90 Å². The van der Waals surface area contributed by atoms with Gasteiger partial charge >= 0.3 is 5.69 Å². The normalized spacial score (nSPS) is 14.6. The first-order chi connectivity index (χ1) is 19.5. The van der Waals surface area contributed by atoms with Gasteiger partial charge in [0.05, 0.1) is 26.1 Å². The standard InChI is InChI=1S/C26H24BrN7O7/c1-3-31(10-11-32-25(36)18-6-4-5-7-19(18)26(32)37)16-8-9-21(22(13-16)28-15(2)35)29-30-24-20(27)12-17(33(38)39)14-23(24)34(40)41/h4,6,8-9,12-14H,3,5,7,10-11H2,1-2H3,(H,28,35)/b30-29+. The van der Waals surface area contributed by atoms with Crippen LogP contribution in [0, 0.1) is 20.2 Å². The van der Waals surface area contributed by atoms with Crippen LogP contribution in [-0.2, 0) is 14.4 Å². The Balaban J connectivity index is 1.59. The zero-order chi connectivity index (χ0) is 29.8. The SMILES string of the molecule is CCN(CCN1C(=O)C2=C(CCC=C2)C1=O)c1ccc(/N=N/c2c(Br)cc([N+](=O)[O-])cc2[N+](=O)[O-])c(NC(C)=O)c1. The van der Waals surface area contributed by atoms with E-state index in [1.54, 1.807) is 24.3 Å². The van der Waals surface area contributed by atoms with Gasteiger partial charge in [-0.3, -0.25) is 39.5 Å². The Bertz CT molecular complexity index is 1570. The number of nitro benzene ring substituents is 2. The molecule has 0 fully saturated rings. The molecular formula is C26H24BrN7O7. The minimum absolute atomic E-state index is 0.00493. The Kier molecular flexibility index (Phi) is 8.66. The lowest BCUT2D eigenvalue weighted by Crippen LogP contribution is -2.39. The number of benzene rings is 2. The summed E-state index contributed by atoms with van der Waals surface area (Å²) in [5.41, 5.74) is 0.739. The van der Waals surface area contributed by atoms with Crippen molar-refractivity contribution in [3.8, 4) is 0 Å². The number of carbonyl (C=O) groups is 3. The topological polar surface area (TPSA) is 181 Å². The van der Waals surface area contributed by atoms with Gasteiger partial charge in [-0.15, -0.1) is 10.2 Å². The van der Waals surface area contributed by atoms with Crippen molar-refractivity contribution >= 4 is 67.8 Å². The number of non-ortho nitro benzene ring substituents is 1. The molecule has 0 saturated heterocycles. The van der Waals surface area contributed by atoms with Crippen LogP contribution in [0.2, 0.25) is 0 Å². The number of halogens is 1.